The first-order valence-corrected chi connectivity index (χ1v) is 8.21. The largest absolute Gasteiger partial charge is 0.339 e. The van der Waals surface area contributed by atoms with E-state index in [1.54, 1.807) is 0 Å². The number of carbonyl (C=O) groups excluding carboxylic acids is 1. The van der Waals surface area contributed by atoms with Crippen LogP contribution in [0.4, 0.5) is 0 Å². The molecule has 0 atom stereocenters. The zero-order valence-electron chi connectivity index (χ0n) is 10.1. The third-order valence-electron chi connectivity index (χ3n) is 4.23. The Morgan fingerprint density at radius 3 is 2.44 bits per heavy atom. The maximum absolute atomic E-state index is 12.5. The molecule has 1 amide bonds. The smallest absolute Gasteiger partial charge is 0.254 e. The van der Waals surface area contributed by atoms with E-state index in [0.717, 1.165) is 26.7 Å². The second-order valence-corrected chi connectivity index (χ2v) is 7.49. The molecule has 1 spiro atoms. The zero-order valence-corrected chi connectivity index (χ0v) is 13.8. The lowest BCUT2D eigenvalue weighted by Gasteiger charge is -2.32. The third-order valence-corrected chi connectivity index (χ3v) is 5.62. The SMILES string of the molecule is O=C(c1ccc(Br)cc1I)N1CCC2(CC1)CC2. The Kier molecular flexibility index (Phi) is 3.43. The van der Waals surface area contributed by atoms with Crippen LogP contribution in [0, 0.1) is 8.99 Å². The van der Waals surface area contributed by atoms with Crippen LogP contribution in [-0.2, 0) is 0 Å². The molecule has 0 aromatic heterocycles. The van der Waals surface area contributed by atoms with E-state index in [4.69, 9.17) is 0 Å². The highest BCUT2D eigenvalue weighted by Crippen LogP contribution is 2.53. The number of benzene rings is 1. The second-order valence-electron chi connectivity index (χ2n) is 5.42. The van der Waals surface area contributed by atoms with Crippen molar-refractivity contribution in [2.24, 2.45) is 5.41 Å². The first-order chi connectivity index (χ1) is 8.60. The molecule has 0 unspecified atom stereocenters. The fraction of sp³-hybridized carbons (Fsp3) is 0.500. The zero-order chi connectivity index (χ0) is 12.8. The van der Waals surface area contributed by atoms with Gasteiger partial charge in [-0.25, -0.2) is 0 Å². The molecule has 1 aliphatic carbocycles. The molecule has 96 valence electrons. The Morgan fingerprint density at radius 2 is 1.89 bits per heavy atom. The number of hydrogen-bond acceptors (Lipinski definition) is 1. The number of amides is 1. The Morgan fingerprint density at radius 1 is 1.22 bits per heavy atom. The van der Waals surface area contributed by atoms with Crippen molar-refractivity contribution in [2.75, 3.05) is 13.1 Å². The summed E-state index contributed by atoms with van der Waals surface area (Å²) >= 11 is 5.67. The molecule has 3 rings (SSSR count). The van der Waals surface area contributed by atoms with Gasteiger partial charge in [0.25, 0.3) is 5.91 Å². The molecule has 2 nitrogen and oxygen atoms in total. The fourth-order valence-electron chi connectivity index (χ4n) is 2.69. The Labute approximate surface area is 129 Å². The van der Waals surface area contributed by atoms with Gasteiger partial charge in [0.2, 0.25) is 0 Å². The standard InChI is InChI=1S/C14H15BrINO/c15-10-1-2-11(12(16)9-10)13(18)17-7-5-14(3-4-14)6-8-17/h1-2,9H,3-8H2. The summed E-state index contributed by atoms with van der Waals surface area (Å²) in [5.74, 6) is 0.197. The number of nitrogens with zero attached hydrogens (tertiary/aromatic N) is 1. The molecule has 2 fully saturated rings. The van der Waals surface area contributed by atoms with Crippen molar-refractivity contribution in [2.45, 2.75) is 25.7 Å². The summed E-state index contributed by atoms with van der Waals surface area (Å²) in [6, 6.07) is 5.87. The first-order valence-electron chi connectivity index (χ1n) is 6.34. The van der Waals surface area contributed by atoms with E-state index in [9.17, 15) is 4.79 Å². The van der Waals surface area contributed by atoms with E-state index in [2.05, 4.69) is 38.5 Å². The average Bonchev–Trinajstić information content (AvgIpc) is 3.09. The summed E-state index contributed by atoms with van der Waals surface area (Å²) in [7, 11) is 0. The average molecular weight is 420 g/mol. The van der Waals surface area contributed by atoms with Crippen molar-refractivity contribution in [3.63, 3.8) is 0 Å². The van der Waals surface area contributed by atoms with E-state index in [1.165, 1.54) is 25.7 Å². The molecule has 18 heavy (non-hydrogen) atoms. The van der Waals surface area contributed by atoms with Gasteiger partial charge in [-0.15, -0.1) is 0 Å². The molecule has 0 radical (unpaired) electrons. The number of hydrogen-bond donors (Lipinski definition) is 0. The van der Waals surface area contributed by atoms with Crippen LogP contribution < -0.4 is 0 Å². The van der Waals surface area contributed by atoms with Crippen molar-refractivity contribution in [3.8, 4) is 0 Å². The summed E-state index contributed by atoms with van der Waals surface area (Å²) < 4.78 is 2.05. The molecule has 0 N–H and O–H groups in total. The maximum atomic E-state index is 12.5. The van der Waals surface area contributed by atoms with Crippen LogP contribution in [0.2, 0.25) is 0 Å². The van der Waals surface area contributed by atoms with Gasteiger partial charge in [-0.3, -0.25) is 4.79 Å². The number of halogens is 2. The van der Waals surface area contributed by atoms with Crippen LogP contribution in [0.1, 0.15) is 36.0 Å². The van der Waals surface area contributed by atoms with E-state index in [1.807, 2.05) is 23.1 Å². The van der Waals surface area contributed by atoms with Crippen LogP contribution >= 0.6 is 38.5 Å². The lowest BCUT2D eigenvalue weighted by molar-refractivity contribution is 0.0677. The quantitative estimate of drug-likeness (QED) is 0.628. The highest BCUT2D eigenvalue weighted by molar-refractivity contribution is 14.1. The van der Waals surface area contributed by atoms with E-state index in [0.29, 0.717) is 5.41 Å². The van der Waals surface area contributed by atoms with Gasteiger partial charge in [0.05, 0.1) is 5.56 Å². The molecule has 0 bridgehead atoms. The minimum atomic E-state index is 0.197. The number of likely N-dealkylation sites (tertiary alicyclic amines) is 1. The van der Waals surface area contributed by atoms with Gasteiger partial charge < -0.3 is 4.90 Å². The summed E-state index contributed by atoms with van der Waals surface area (Å²) in [5.41, 5.74) is 1.47. The lowest BCUT2D eigenvalue weighted by atomic mass is 9.93. The highest BCUT2D eigenvalue weighted by atomic mass is 127. The van der Waals surface area contributed by atoms with Crippen molar-refractivity contribution >= 4 is 44.4 Å². The topological polar surface area (TPSA) is 20.3 Å². The monoisotopic (exact) mass is 419 g/mol. The number of piperidine rings is 1. The van der Waals surface area contributed by atoms with Crippen LogP contribution in [0.3, 0.4) is 0 Å². The van der Waals surface area contributed by atoms with Crippen molar-refractivity contribution < 1.29 is 4.79 Å². The minimum Gasteiger partial charge on any atom is -0.339 e. The molecule has 1 aromatic rings. The normalized spacial score (nSPS) is 21.1. The fourth-order valence-corrected chi connectivity index (χ4v) is 4.23. The van der Waals surface area contributed by atoms with Crippen molar-refractivity contribution in [1.29, 1.82) is 0 Å². The third kappa shape index (κ3) is 2.46. The van der Waals surface area contributed by atoms with Gasteiger partial charge in [-0.1, -0.05) is 15.9 Å². The molecule has 1 aromatic carbocycles. The predicted molar refractivity (Wildman–Crippen MR) is 83.7 cm³/mol. The Hall–Kier alpha value is -0.100. The molecular weight excluding hydrogens is 405 g/mol. The second kappa shape index (κ2) is 4.78. The summed E-state index contributed by atoms with van der Waals surface area (Å²) in [5, 5.41) is 0. The van der Waals surface area contributed by atoms with Gasteiger partial charge in [-0.2, -0.15) is 0 Å². The van der Waals surface area contributed by atoms with Crippen LogP contribution in [-0.4, -0.2) is 23.9 Å². The van der Waals surface area contributed by atoms with Crippen molar-refractivity contribution in [1.82, 2.24) is 4.90 Å². The van der Waals surface area contributed by atoms with E-state index in [-0.39, 0.29) is 5.91 Å². The lowest BCUT2D eigenvalue weighted by Crippen LogP contribution is -2.39. The summed E-state index contributed by atoms with van der Waals surface area (Å²) in [4.78, 5) is 14.5. The van der Waals surface area contributed by atoms with Crippen LogP contribution in [0.15, 0.2) is 22.7 Å². The Balaban J connectivity index is 1.74. The molecule has 4 heteroatoms. The molecule has 2 aliphatic rings. The Bertz CT molecular complexity index is 489. The van der Waals surface area contributed by atoms with Crippen LogP contribution in [0.25, 0.3) is 0 Å². The molecule has 1 saturated heterocycles. The van der Waals surface area contributed by atoms with Gasteiger partial charge in [-0.05, 0) is 71.9 Å². The molecule has 1 aliphatic heterocycles. The molecule has 1 heterocycles. The van der Waals surface area contributed by atoms with Gasteiger partial charge in [0.15, 0.2) is 0 Å². The van der Waals surface area contributed by atoms with Crippen LogP contribution in [0.5, 0.6) is 0 Å². The first kappa shape index (κ1) is 12.9. The van der Waals surface area contributed by atoms with E-state index >= 15 is 0 Å². The van der Waals surface area contributed by atoms with Gasteiger partial charge in [0, 0.05) is 21.1 Å². The van der Waals surface area contributed by atoms with Gasteiger partial charge in [0.1, 0.15) is 0 Å². The summed E-state index contributed by atoms with van der Waals surface area (Å²) in [6.07, 6.45) is 5.16. The minimum absolute atomic E-state index is 0.197. The predicted octanol–water partition coefficient (Wildman–Crippen LogP) is 4.07. The number of carbonyl (C=O) groups is 1. The maximum Gasteiger partial charge on any atom is 0.254 e. The highest BCUT2D eigenvalue weighted by Gasteiger charge is 2.45. The van der Waals surface area contributed by atoms with Gasteiger partial charge >= 0.3 is 0 Å². The summed E-state index contributed by atoms with van der Waals surface area (Å²) in [6.45, 7) is 1.87. The van der Waals surface area contributed by atoms with Crippen molar-refractivity contribution in [3.05, 3.63) is 31.8 Å². The number of rotatable bonds is 1. The molecule has 1 saturated carbocycles. The van der Waals surface area contributed by atoms with E-state index < -0.39 is 0 Å². The molecular formula is C14H15BrINO.